The third-order valence-electron chi connectivity index (χ3n) is 3.88. The van der Waals surface area contributed by atoms with Crippen LogP contribution in [0.4, 0.5) is 5.69 Å². The van der Waals surface area contributed by atoms with Gasteiger partial charge in [0.1, 0.15) is 0 Å². The number of halogens is 2. The number of hydrogen-bond acceptors (Lipinski definition) is 2. The molecule has 0 saturated carbocycles. The topological polar surface area (TPSA) is 46.1 Å². The van der Waals surface area contributed by atoms with Crippen LogP contribution in [0.5, 0.6) is 0 Å². The molecule has 22 heavy (non-hydrogen) atoms. The second-order valence-electron chi connectivity index (χ2n) is 5.42. The molecule has 2 N–H and O–H groups in total. The number of aryl methyl sites for hydroxylation is 1. The first-order valence-corrected chi connectivity index (χ1v) is 7.41. The number of nitrogens with zero attached hydrogens (tertiary/aromatic N) is 1. The normalized spacial score (nSPS) is 16.9. The Labute approximate surface area is 143 Å². The smallest absolute Gasteiger partial charge is 0.241 e. The molecule has 1 saturated heterocycles. The van der Waals surface area contributed by atoms with Gasteiger partial charge >= 0.3 is 0 Å². The van der Waals surface area contributed by atoms with Crippen LogP contribution >= 0.6 is 24.8 Å². The van der Waals surface area contributed by atoms with E-state index in [2.05, 4.69) is 40.5 Å². The molecule has 1 atom stereocenters. The molecular formula is C16H23Cl2N3O. The SMILES string of the molecule is CCCn1ccc2cc(NC(=O)C3CCCN3)ccc21.Cl.Cl. The molecule has 0 spiro atoms. The minimum absolute atomic E-state index is 0. The van der Waals surface area contributed by atoms with Crippen LogP contribution in [0.15, 0.2) is 30.5 Å². The lowest BCUT2D eigenvalue weighted by Gasteiger charge is -2.11. The van der Waals surface area contributed by atoms with Crippen LogP contribution in [0.2, 0.25) is 0 Å². The molecule has 1 aromatic heterocycles. The summed E-state index contributed by atoms with van der Waals surface area (Å²) in [6.07, 6.45) is 5.24. The average Bonchev–Trinajstić information content (AvgIpc) is 3.09. The van der Waals surface area contributed by atoms with E-state index in [-0.39, 0.29) is 36.8 Å². The third kappa shape index (κ3) is 3.94. The second-order valence-corrected chi connectivity index (χ2v) is 5.42. The lowest BCUT2D eigenvalue weighted by atomic mass is 10.2. The van der Waals surface area contributed by atoms with Crippen molar-refractivity contribution in [3.8, 4) is 0 Å². The molecule has 1 unspecified atom stereocenters. The molecule has 0 bridgehead atoms. The Morgan fingerprint density at radius 2 is 2.18 bits per heavy atom. The van der Waals surface area contributed by atoms with E-state index in [1.165, 1.54) is 10.9 Å². The van der Waals surface area contributed by atoms with Gasteiger partial charge < -0.3 is 15.2 Å². The van der Waals surface area contributed by atoms with Crippen molar-refractivity contribution >= 4 is 47.3 Å². The number of anilines is 1. The largest absolute Gasteiger partial charge is 0.347 e. The number of nitrogens with one attached hydrogen (secondary N) is 2. The third-order valence-corrected chi connectivity index (χ3v) is 3.88. The van der Waals surface area contributed by atoms with Crippen molar-refractivity contribution in [2.24, 2.45) is 0 Å². The lowest BCUT2D eigenvalue weighted by molar-refractivity contribution is -0.117. The molecule has 4 nitrogen and oxygen atoms in total. The van der Waals surface area contributed by atoms with Gasteiger partial charge in [-0.3, -0.25) is 4.79 Å². The second kappa shape index (κ2) is 8.42. The Bertz CT molecular complexity index is 621. The monoisotopic (exact) mass is 343 g/mol. The lowest BCUT2D eigenvalue weighted by Crippen LogP contribution is -2.35. The van der Waals surface area contributed by atoms with Crippen LogP contribution in [0, 0.1) is 0 Å². The van der Waals surface area contributed by atoms with Crippen molar-refractivity contribution in [3.63, 3.8) is 0 Å². The fourth-order valence-corrected chi connectivity index (χ4v) is 2.85. The molecule has 1 fully saturated rings. The molecule has 6 heteroatoms. The van der Waals surface area contributed by atoms with E-state index in [9.17, 15) is 4.79 Å². The first-order chi connectivity index (χ1) is 9.78. The van der Waals surface area contributed by atoms with Crippen molar-refractivity contribution in [1.82, 2.24) is 9.88 Å². The Hall–Kier alpha value is -1.23. The number of aromatic nitrogens is 1. The summed E-state index contributed by atoms with van der Waals surface area (Å²) in [6, 6.07) is 8.20. The molecule has 0 aliphatic carbocycles. The Morgan fingerprint density at radius 3 is 2.86 bits per heavy atom. The maximum atomic E-state index is 12.1. The van der Waals surface area contributed by atoms with Gasteiger partial charge in [0.15, 0.2) is 0 Å². The van der Waals surface area contributed by atoms with Gasteiger partial charge in [0.25, 0.3) is 0 Å². The Kier molecular flexibility index (Phi) is 7.20. The van der Waals surface area contributed by atoms with Crippen molar-refractivity contribution < 1.29 is 4.79 Å². The molecule has 1 aliphatic heterocycles. The Balaban J connectivity index is 0.00000121. The minimum atomic E-state index is -0.0320. The van der Waals surface area contributed by atoms with Crippen LogP contribution in [0.25, 0.3) is 10.9 Å². The highest BCUT2D eigenvalue weighted by molar-refractivity contribution is 5.97. The number of rotatable bonds is 4. The zero-order valence-electron chi connectivity index (χ0n) is 12.7. The highest BCUT2D eigenvalue weighted by atomic mass is 35.5. The van der Waals surface area contributed by atoms with Gasteiger partial charge in [0, 0.05) is 29.3 Å². The molecule has 2 heterocycles. The van der Waals surface area contributed by atoms with Crippen molar-refractivity contribution in [3.05, 3.63) is 30.5 Å². The van der Waals surface area contributed by atoms with Crippen LogP contribution in [0.1, 0.15) is 26.2 Å². The number of carbonyl (C=O) groups excluding carboxylic acids is 1. The van der Waals surface area contributed by atoms with E-state index in [0.29, 0.717) is 0 Å². The van der Waals surface area contributed by atoms with Gasteiger partial charge in [-0.1, -0.05) is 6.92 Å². The van der Waals surface area contributed by atoms with E-state index in [0.717, 1.165) is 38.0 Å². The van der Waals surface area contributed by atoms with Crippen LogP contribution < -0.4 is 10.6 Å². The molecular weight excluding hydrogens is 321 g/mol. The molecule has 1 amide bonds. The molecule has 1 aliphatic rings. The number of benzene rings is 1. The van der Waals surface area contributed by atoms with E-state index in [1.54, 1.807) is 0 Å². The zero-order valence-corrected chi connectivity index (χ0v) is 14.3. The van der Waals surface area contributed by atoms with Gasteiger partial charge in [-0.15, -0.1) is 24.8 Å². The number of carbonyl (C=O) groups is 1. The summed E-state index contributed by atoms with van der Waals surface area (Å²) in [5, 5.41) is 7.40. The molecule has 0 radical (unpaired) electrons. The number of amides is 1. The molecule has 1 aromatic carbocycles. The predicted octanol–water partition coefficient (Wildman–Crippen LogP) is 3.59. The Morgan fingerprint density at radius 1 is 1.36 bits per heavy atom. The van der Waals surface area contributed by atoms with Gasteiger partial charge in [-0.25, -0.2) is 0 Å². The number of fused-ring (bicyclic) bond motifs is 1. The minimum Gasteiger partial charge on any atom is -0.347 e. The fourth-order valence-electron chi connectivity index (χ4n) is 2.85. The summed E-state index contributed by atoms with van der Waals surface area (Å²) in [7, 11) is 0. The van der Waals surface area contributed by atoms with Gasteiger partial charge in [-0.05, 0) is 50.1 Å². The van der Waals surface area contributed by atoms with E-state index < -0.39 is 0 Å². The van der Waals surface area contributed by atoms with Gasteiger partial charge in [-0.2, -0.15) is 0 Å². The average molecular weight is 344 g/mol. The maximum Gasteiger partial charge on any atom is 0.241 e. The van der Waals surface area contributed by atoms with E-state index in [4.69, 9.17) is 0 Å². The summed E-state index contributed by atoms with van der Waals surface area (Å²) in [5.41, 5.74) is 2.11. The molecule has 2 aromatic rings. The number of hydrogen-bond donors (Lipinski definition) is 2. The fraction of sp³-hybridized carbons (Fsp3) is 0.438. The maximum absolute atomic E-state index is 12.1. The van der Waals surface area contributed by atoms with Crippen molar-refractivity contribution in [2.45, 2.75) is 38.8 Å². The first-order valence-electron chi connectivity index (χ1n) is 7.41. The van der Waals surface area contributed by atoms with Crippen LogP contribution in [-0.4, -0.2) is 23.1 Å². The van der Waals surface area contributed by atoms with E-state index >= 15 is 0 Å². The van der Waals surface area contributed by atoms with Crippen molar-refractivity contribution in [2.75, 3.05) is 11.9 Å². The highest BCUT2D eigenvalue weighted by Gasteiger charge is 2.21. The van der Waals surface area contributed by atoms with Crippen LogP contribution in [-0.2, 0) is 11.3 Å². The standard InChI is InChI=1S/C16H21N3O.2ClH/c1-2-9-19-10-7-12-11-13(5-6-15(12)19)18-16(20)14-4-3-8-17-14;;/h5-7,10-11,14,17H,2-4,8-9H2,1H3,(H,18,20);2*1H. The predicted molar refractivity (Wildman–Crippen MR) is 96.4 cm³/mol. The van der Waals surface area contributed by atoms with E-state index in [1.807, 2.05) is 12.1 Å². The van der Waals surface area contributed by atoms with Gasteiger partial charge in [0.05, 0.1) is 6.04 Å². The summed E-state index contributed by atoms with van der Waals surface area (Å²) < 4.78 is 2.25. The van der Waals surface area contributed by atoms with Gasteiger partial charge in [0.2, 0.25) is 5.91 Å². The molecule has 122 valence electrons. The zero-order chi connectivity index (χ0) is 13.9. The quantitative estimate of drug-likeness (QED) is 0.890. The van der Waals surface area contributed by atoms with Crippen LogP contribution in [0.3, 0.4) is 0 Å². The summed E-state index contributed by atoms with van der Waals surface area (Å²) in [6.45, 7) is 4.15. The summed E-state index contributed by atoms with van der Waals surface area (Å²) >= 11 is 0. The first kappa shape index (κ1) is 18.8. The van der Waals surface area contributed by atoms with Crippen molar-refractivity contribution in [1.29, 1.82) is 0 Å². The summed E-state index contributed by atoms with van der Waals surface area (Å²) in [4.78, 5) is 12.1. The molecule has 3 rings (SSSR count). The highest BCUT2D eigenvalue weighted by Crippen LogP contribution is 2.21. The summed E-state index contributed by atoms with van der Waals surface area (Å²) in [5.74, 6) is 0.0786.